The fourth-order valence-corrected chi connectivity index (χ4v) is 5.41. The summed E-state index contributed by atoms with van der Waals surface area (Å²) < 4.78 is 5.20. The van der Waals surface area contributed by atoms with Crippen molar-refractivity contribution < 1.29 is 14.6 Å². The summed E-state index contributed by atoms with van der Waals surface area (Å²) in [5.74, 6) is 7.47. The Labute approximate surface area is 212 Å². The predicted octanol–water partition coefficient (Wildman–Crippen LogP) is 3.55. The molecular formula is C30H31N3O3. The number of carbonyl (C=O) groups is 1. The van der Waals surface area contributed by atoms with E-state index in [0.717, 1.165) is 42.8 Å². The molecule has 2 saturated heterocycles. The van der Waals surface area contributed by atoms with E-state index in [0.29, 0.717) is 12.1 Å². The highest BCUT2D eigenvalue weighted by molar-refractivity contribution is 5.94. The van der Waals surface area contributed by atoms with Crippen LogP contribution in [0, 0.1) is 11.8 Å². The average molecular weight is 482 g/mol. The van der Waals surface area contributed by atoms with Gasteiger partial charge in [-0.3, -0.25) is 14.7 Å². The minimum Gasteiger partial charge on any atom is -0.497 e. The Bertz CT molecular complexity index is 1230. The molecular weight excluding hydrogens is 450 g/mol. The molecule has 3 heterocycles. The number of aromatic nitrogens is 1. The van der Waals surface area contributed by atoms with E-state index in [2.05, 4.69) is 33.9 Å². The van der Waals surface area contributed by atoms with Crippen molar-refractivity contribution in [2.24, 2.45) is 0 Å². The van der Waals surface area contributed by atoms with Gasteiger partial charge in [-0.05, 0) is 73.5 Å². The van der Waals surface area contributed by atoms with Crippen LogP contribution in [-0.4, -0.2) is 71.2 Å². The maximum absolute atomic E-state index is 13.2. The Balaban J connectivity index is 1.33. The molecule has 6 heteroatoms. The highest BCUT2D eigenvalue weighted by Gasteiger charge is 2.49. The van der Waals surface area contributed by atoms with Crippen molar-refractivity contribution in [2.45, 2.75) is 30.8 Å². The zero-order chi connectivity index (χ0) is 24.9. The molecule has 6 nitrogen and oxygen atoms in total. The molecule has 5 rings (SSSR count). The second-order valence-electron chi connectivity index (χ2n) is 9.38. The molecule has 0 bridgehead atoms. The summed E-state index contributed by atoms with van der Waals surface area (Å²) in [5.41, 5.74) is 3.73. The summed E-state index contributed by atoms with van der Waals surface area (Å²) in [4.78, 5) is 21.6. The van der Waals surface area contributed by atoms with E-state index in [-0.39, 0.29) is 30.5 Å². The Morgan fingerprint density at radius 3 is 2.25 bits per heavy atom. The first-order chi connectivity index (χ1) is 17.7. The molecule has 0 spiro atoms. The minimum absolute atomic E-state index is 0.0506. The van der Waals surface area contributed by atoms with Gasteiger partial charge >= 0.3 is 0 Å². The molecule has 36 heavy (non-hydrogen) atoms. The van der Waals surface area contributed by atoms with Crippen LogP contribution in [0.4, 0.5) is 0 Å². The number of rotatable bonds is 4. The molecule has 0 radical (unpaired) electrons. The Morgan fingerprint density at radius 1 is 0.972 bits per heavy atom. The van der Waals surface area contributed by atoms with Gasteiger partial charge in [0.1, 0.15) is 5.75 Å². The average Bonchev–Trinajstić information content (AvgIpc) is 2.92. The van der Waals surface area contributed by atoms with Crippen LogP contribution in [0.15, 0.2) is 73.1 Å². The Kier molecular flexibility index (Phi) is 7.31. The van der Waals surface area contributed by atoms with Gasteiger partial charge in [-0.1, -0.05) is 24.0 Å². The highest BCUT2D eigenvalue weighted by Crippen LogP contribution is 2.42. The molecule has 184 valence electrons. The van der Waals surface area contributed by atoms with Crippen LogP contribution in [0.3, 0.4) is 0 Å². The molecule has 3 aromatic rings. The fourth-order valence-electron chi connectivity index (χ4n) is 5.41. The highest BCUT2D eigenvalue weighted by atomic mass is 16.5. The molecule has 1 aromatic heterocycles. The lowest BCUT2D eigenvalue weighted by molar-refractivity contribution is -0.0606. The van der Waals surface area contributed by atoms with Gasteiger partial charge in [-0.15, -0.1) is 0 Å². The van der Waals surface area contributed by atoms with Crippen molar-refractivity contribution in [2.75, 3.05) is 33.4 Å². The summed E-state index contributed by atoms with van der Waals surface area (Å²) in [7, 11) is 1.65. The molecule has 1 amide bonds. The van der Waals surface area contributed by atoms with Crippen molar-refractivity contribution in [1.82, 2.24) is 14.8 Å². The maximum atomic E-state index is 13.2. The number of nitrogens with zero attached hydrogens (tertiary/aromatic N) is 3. The van der Waals surface area contributed by atoms with E-state index in [1.165, 1.54) is 5.56 Å². The second-order valence-corrected chi connectivity index (χ2v) is 9.38. The number of amides is 1. The number of methoxy groups -OCH3 is 1. The number of hydrogen-bond donors (Lipinski definition) is 1. The van der Waals surface area contributed by atoms with Gasteiger partial charge in [0.2, 0.25) is 0 Å². The number of carbonyl (C=O) groups excluding carboxylic acids is 1. The summed E-state index contributed by atoms with van der Waals surface area (Å²) >= 11 is 0. The third kappa shape index (κ3) is 4.99. The number of pyridine rings is 1. The van der Waals surface area contributed by atoms with E-state index in [4.69, 9.17) is 4.74 Å². The van der Waals surface area contributed by atoms with Crippen LogP contribution in [0.1, 0.15) is 45.8 Å². The smallest absolute Gasteiger partial charge is 0.254 e. The van der Waals surface area contributed by atoms with Gasteiger partial charge in [0.25, 0.3) is 5.91 Å². The molecule has 2 fully saturated rings. The van der Waals surface area contributed by atoms with Crippen LogP contribution in [0.25, 0.3) is 0 Å². The number of fused-ring (bicyclic) bond motifs is 1. The van der Waals surface area contributed by atoms with E-state index in [1.54, 1.807) is 31.6 Å². The monoisotopic (exact) mass is 481 g/mol. The molecule has 0 unspecified atom stereocenters. The molecule has 2 aromatic carbocycles. The normalized spacial score (nSPS) is 21.7. The van der Waals surface area contributed by atoms with E-state index >= 15 is 0 Å². The topological polar surface area (TPSA) is 65.9 Å². The predicted molar refractivity (Wildman–Crippen MR) is 139 cm³/mol. The first-order valence-electron chi connectivity index (χ1n) is 12.5. The van der Waals surface area contributed by atoms with Crippen molar-refractivity contribution in [3.63, 3.8) is 0 Å². The first-order valence-corrected chi connectivity index (χ1v) is 12.5. The van der Waals surface area contributed by atoms with Crippen LogP contribution < -0.4 is 4.74 Å². The number of benzene rings is 2. The molecule has 2 aliphatic heterocycles. The Hall–Kier alpha value is -3.66. The fraction of sp³-hybridized carbons (Fsp3) is 0.333. The summed E-state index contributed by atoms with van der Waals surface area (Å²) in [6.45, 7) is 2.47. The SMILES string of the molecule is COc1ccc(C#Cc2ccc([C@@H]3[C@@H](CO)N4CCCCN(C(=O)c5ccncc5)C[C@H]34)cc2)cc1. The molecule has 2 aliphatic rings. The van der Waals surface area contributed by atoms with Gasteiger partial charge in [-0.2, -0.15) is 0 Å². The molecule has 1 N–H and O–H groups in total. The van der Waals surface area contributed by atoms with Crippen LogP contribution in [-0.2, 0) is 0 Å². The lowest BCUT2D eigenvalue weighted by atomic mass is 9.74. The van der Waals surface area contributed by atoms with Gasteiger partial charge < -0.3 is 14.7 Å². The lowest BCUT2D eigenvalue weighted by Gasteiger charge is -2.57. The zero-order valence-electron chi connectivity index (χ0n) is 20.5. The first kappa shape index (κ1) is 24.1. The van der Waals surface area contributed by atoms with Gasteiger partial charge in [0, 0.05) is 60.2 Å². The number of aliphatic hydroxyl groups is 1. The van der Waals surface area contributed by atoms with Gasteiger partial charge in [0.15, 0.2) is 0 Å². The standard InChI is InChI=1S/C30H31N3O3/c1-36-26-12-8-23(9-13-26)5-4-22-6-10-24(11-7-22)29-27-20-32(30(35)25-14-16-31-17-15-25)18-2-3-19-33(27)28(29)21-34/h6-17,27-29,34H,2-3,18-21H2,1H3/t27-,28-,29+/m1/s1. The third-order valence-electron chi connectivity index (χ3n) is 7.32. The number of ether oxygens (including phenoxy) is 1. The van der Waals surface area contributed by atoms with Crippen molar-refractivity contribution in [1.29, 1.82) is 0 Å². The summed E-state index contributed by atoms with van der Waals surface area (Å²) in [6, 6.07) is 19.9. The quantitative estimate of drug-likeness (QED) is 0.578. The van der Waals surface area contributed by atoms with Gasteiger partial charge in [-0.25, -0.2) is 0 Å². The summed E-state index contributed by atoms with van der Waals surface area (Å²) in [5, 5.41) is 10.2. The second kappa shape index (κ2) is 10.9. The van der Waals surface area contributed by atoms with Crippen molar-refractivity contribution in [3.8, 4) is 17.6 Å². The van der Waals surface area contributed by atoms with E-state index in [1.807, 2.05) is 41.3 Å². The van der Waals surface area contributed by atoms with Gasteiger partial charge in [0.05, 0.1) is 13.7 Å². The van der Waals surface area contributed by atoms with Crippen molar-refractivity contribution in [3.05, 3.63) is 95.3 Å². The Morgan fingerprint density at radius 2 is 1.61 bits per heavy atom. The van der Waals surface area contributed by atoms with Crippen molar-refractivity contribution >= 4 is 5.91 Å². The number of aliphatic hydroxyl groups excluding tert-OH is 1. The largest absolute Gasteiger partial charge is 0.497 e. The zero-order valence-corrected chi connectivity index (χ0v) is 20.5. The molecule has 0 saturated carbocycles. The van der Waals surface area contributed by atoms with E-state index < -0.39 is 0 Å². The molecule has 3 atom stereocenters. The maximum Gasteiger partial charge on any atom is 0.254 e. The van der Waals surface area contributed by atoms with Crippen LogP contribution in [0.5, 0.6) is 5.75 Å². The third-order valence-corrected chi connectivity index (χ3v) is 7.32. The van der Waals surface area contributed by atoms with Crippen LogP contribution >= 0.6 is 0 Å². The lowest BCUT2D eigenvalue weighted by Crippen LogP contribution is -2.67. The van der Waals surface area contributed by atoms with E-state index in [9.17, 15) is 9.90 Å². The number of hydrogen-bond acceptors (Lipinski definition) is 5. The molecule has 0 aliphatic carbocycles. The van der Waals surface area contributed by atoms with Crippen LogP contribution in [0.2, 0.25) is 0 Å². The summed E-state index contributed by atoms with van der Waals surface area (Å²) in [6.07, 6.45) is 5.30. The minimum atomic E-state index is 0.0506.